The van der Waals surface area contributed by atoms with Gasteiger partial charge in [-0.05, 0) is 18.9 Å². The van der Waals surface area contributed by atoms with Crippen LogP contribution in [0.1, 0.15) is 25.8 Å². The van der Waals surface area contributed by atoms with Crippen LogP contribution in [-0.4, -0.2) is 55.0 Å². The van der Waals surface area contributed by atoms with E-state index in [1.807, 2.05) is 0 Å². The van der Waals surface area contributed by atoms with Gasteiger partial charge in [0.05, 0.1) is 0 Å². The van der Waals surface area contributed by atoms with Gasteiger partial charge in [0.25, 0.3) is 0 Å². The first-order valence-corrected chi connectivity index (χ1v) is 8.13. The van der Waals surface area contributed by atoms with Gasteiger partial charge >= 0.3 is 0 Å². The van der Waals surface area contributed by atoms with E-state index < -0.39 is 0 Å². The van der Waals surface area contributed by atoms with Crippen LogP contribution in [0.15, 0.2) is 35.3 Å². The second-order valence-corrected chi connectivity index (χ2v) is 5.48. The fraction of sp³-hybridized carbons (Fsp3) is 0.588. The van der Waals surface area contributed by atoms with Crippen molar-refractivity contribution in [3.05, 3.63) is 35.9 Å². The Balaban J connectivity index is 1.84. The van der Waals surface area contributed by atoms with Crippen molar-refractivity contribution in [3.8, 4) is 0 Å². The molecule has 0 radical (unpaired) electrons. The zero-order valence-corrected chi connectivity index (χ0v) is 13.4. The summed E-state index contributed by atoms with van der Waals surface area (Å²) in [5, 5.41) is 3.41. The van der Waals surface area contributed by atoms with E-state index in [4.69, 9.17) is 0 Å². The molecule has 1 aliphatic rings. The molecule has 0 bridgehead atoms. The SMILES string of the molecule is CCCN=C(NCC)N1CCN(Cc2ccccc2)CC1. The lowest BCUT2D eigenvalue weighted by Gasteiger charge is -2.36. The maximum absolute atomic E-state index is 4.68. The molecule has 4 heteroatoms. The van der Waals surface area contributed by atoms with Crippen LogP contribution in [0.3, 0.4) is 0 Å². The summed E-state index contributed by atoms with van der Waals surface area (Å²) >= 11 is 0. The van der Waals surface area contributed by atoms with Gasteiger partial charge in [0.15, 0.2) is 5.96 Å². The first-order chi connectivity index (χ1) is 10.3. The van der Waals surface area contributed by atoms with Gasteiger partial charge in [-0.3, -0.25) is 9.89 Å². The Morgan fingerprint density at radius 2 is 1.81 bits per heavy atom. The standard InChI is InChI=1S/C17H28N4/c1-3-10-19-17(18-4-2)21-13-11-20(12-14-21)15-16-8-6-5-7-9-16/h5-9H,3-4,10-15H2,1-2H3,(H,18,19). The van der Waals surface area contributed by atoms with Crippen molar-refractivity contribution in [1.29, 1.82) is 0 Å². The van der Waals surface area contributed by atoms with Gasteiger partial charge in [-0.2, -0.15) is 0 Å². The minimum Gasteiger partial charge on any atom is -0.357 e. The average molecular weight is 288 g/mol. The molecule has 0 unspecified atom stereocenters. The van der Waals surface area contributed by atoms with Crippen LogP contribution in [0.4, 0.5) is 0 Å². The summed E-state index contributed by atoms with van der Waals surface area (Å²) in [4.78, 5) is 9.59. The van der Waals surface area contributed by atoms with E-state index in [0.29, 0.717) is 0 Å². The van der Waals surface area contributed by atoms with Crippen molar-refractivity contribution in [3.63, 3.8) is 0 Å². The highest BCUT2D eigenvalue weighted by atomic mass is 15.3. The largest absolute Gasteiger partial charge is 0.357 e. The van der Waals surface area contributed by atoms with Crippen molar-refractivity contribution < 1.29 is 0 Å². The summed E-state index contributed by atoms with van der Waals surface area (Å²) in [5.41, 5.74) is 1.40. The fourth-order valence-electron chi connectivity index (χ4n) is 2.60. The molecule has 1 aliphatic heterocycles. The number of guanidine groups is 1. The van der Waals surface area contributed by atoms with E-state index in [2.05, 4.69) is 64.3 Å². The summed E-state index contributed by atoms with van der Waals surface area (Å²) in [6.07, 6.45) is 1.10. The molecule has 0 aromatic heterocycles. The Morgan fingerprint density at radius 3 is 2.43 bits per heavy atom. The topological polar surface area (TPSA) is 30.9 Å². The molecule has 21 heavy (non-hydrogen) atoms. The van der Waals surface area contributed by atoms with Crippen LogP contribution in [0, 0.1) is 0 Å². The van der Waals surface area contributed by atoms with Gasteiger partial charge in [0.2, 0.25) is 0 Å². The van der Waals surface area contributed by atoms with E-state index in [0.717, 1.165) is 58.2 Å². The normalized spacial score (nSPS) is 17.0. The van der Waals surface area contributed by atoms with Crippen molar-refractivity contribution in [1.82, 2.24) is 15.1 Å². The first kappa shape index (κ1) is 15.8. The van der Waals surface area contributed by atoms with Crippen molar-refractivity contribution in [2.24, 2.45) is 4.99 Å². The van der Waals surface area contributed by atoms with E-state index >= 15 is 0 Å². The zero-order valence-electron chi connectivity index (χ0n) is 13.4. The molecule has 1 aromatic rings. The molecule has 1 fully saturated rings. The zero-order chi connectivity index (χ0) is 14.9. The van der Waals surface area contributed by atoms with Crippen LogP contribution >= 0.6 is 0 Å². The number of piperazine rings is 1. The molecule has 0 amide bonds. The smallest absolute Gasteiger partial charge is 0.194 e. The third kappa shape index (κ3) is 5.05. The summed E-state index contributed by atoms with van der Waals surface area (Å²) in [6, 6.07) is 10.7. The van der Waals surface area contributed by atoms with Crippen molar-refractivity contribution in [2.75, 3.05) is 39.3 Å². The third-order valence-electron chi connectivity index (χ3n) is 3.74. The molecule has 1 saturated heterocycles. The van der Waals surface area contributed by atoms with E-state index in [1.165, 1.54) is 5.56 Å². The minimum absolute atomic E-state index is 0.909. The summed E-state index contributed by atoms with van der Waals surface area (Å²) < 4.78 is 0. The second kappa shape index (κ2) is 8.67. The van der Waals surface area contributed by atoms with Crippen LogP contribution < -0.4 is 5.32 Å². The maximum atomic E-state index is 4.68. The number of rotatable bonds is 5. The Bertz CT molecular complexity index is 422. The molecule has 1 N–H and O–H groups in total. The number of aliphatic imine (C=N–C) groups is 1. The Kier molecular flexibility index (Phi) is 6.54. The Labute approximate surface area is 128 Å². The minimum atomic E-state index is 0.909. The summed E-state index contributed by atoms with van der Waals surface area (Å²) in [5.74, 6) is 1.08. The second-order valence-electron chi connectivity index (χ2n) is 5.48. The first-order valence-electron chi connectivity index (χ1n) is 8.13. The van der Waals surface area contributed by atoms with E-state index in [9.17, 15) is 0 Å². The molecule has 0 aliphatic carbocycles. The van der Waals surface area contributed by atoms with Gasteiger partial charge in [-0.15, -0.1) is 0 Å². The molecule has 4 nitrogen and oxygen atoms in total. The number of nitrogens with one attached hydrogen (secondary N) is 1. The average Bonchev–Trinajstić information content (AvgIpc) is 2.53. The molecular formula is C17H28N4. The number of nitrogens with zero attached hydrogens (tertiary/aromatic N) is 3. The van der Waals surface area contributed by atoms with Crippen LogP contribution in [0.25, 0.3) is 0 Å². The lowest BCUT2D eigenvalue weighted by atomic mass is 10.2. The highest BCUT2D eigenvalue weighted by Gasteiger charge is 2.19. The molecular weight excluding hydrogens is 260 g/mol. The van der Waals surface area contributed by atoms with Gasteiger partial charge in [-0.25, -0.2) is 0 Å². The van der Waals surface area contributed by atoms with E-state index in [1.54, 1.807) is 0 Å². The predicted molar refractivity (Wildman–Crippen MR) is 89.6 cm³/mol. The lowest BCUT2D eigenvalue weighted by Crippen LogP contribution is -2.52. The quantitative estimate of drug-likeness (QED) is 0.665. The third-order valence-corrected chi connectivity index (χ3v) is 3.74. The number of benzene rings is 1. The maximum Gasteiger partial charge on any atom is 0.194 e. The van der Waals surface area contributed by atoms with Gasteiger partial charge in [0.1, 0.15) is 0 Å². The molecule has 1 aromatic carbocycles. The van der Waals surface area contributed by atoms with Crippen LogP contribution in [0.5, 0.6) is 0 Å². The molecule has 0 saturated carbocycles. The number of hydrogen-bond acceptors (Lipinski definition) is 2. The van der Waals surface area contributed by atoms with Crippen molar-refractivity contribution >= 4 is 5.96 Å². The molecule has 116 valence electrons. The number of hydrogen-bond donors (Lipinski definition) is 1. The predicted octanol–water partition coefficient (Wildman–Crippen LogP) is 2.18. The van der Waals surface area contributed by atoms with Crippen LogP contribution in [0.2, 0.25) is 0 Å². The fourth-order valence-corrected chi connectivity index (χ4v) is 2.60. The molecule has 2 rings (SSSR count). The molecule has 0 spiro atoms. The Morgan fingerprint density at radius 1 is 1.10 bits per heavy atom. The van der Waals surface area contributed by atoms with E-state index in [-0.39, 0.29) is 0 Å². The highest BCUT2D eigenvalue weighted by molar-refractivity contribution is 5.80. The van der Waals surface area contributed by atoms with Gasteiger partial charge in [0, 0.05) is 45.8 Å². The molecule has 1 heterocycles. The van der Waals surface area contributed by atoms with Gasteiger partial charge in [-0.1, -0.05) is 37.3 Å². The summed E-state index contributed by atoms with van der Waals surface area (Å²) in [6.45, 7) is 11.5. The lowest BCUT2D eigenvalue weighted by molar-refractivity contribution is 0.172. The Hall–Kier alpha value is -1.55. The van der Waals surface area contributed by atoms with Crippen LogP contribution in [-0.2, 0) is 6.54 Å². The highest BCUT2D eigenvalue weighted by Crippen LogP contribution is 2.08. The van der Waals surface area contributed by atoms with Crippen molar-refractivity contribution in [2.45, 2.75) is 26.8 Å². The monoisotopic (exact) mass is 288 g/mol. The van der Waals surface area contributed by atoms with Gasteiger partial charge < -0.3 is 10.2 Å². The summed E-state index contributed by atoms with van der Waals surface area (Å²) in [7, 11) is 0. The molecule has 0 atom stereocenters.